The van der Waals surface area contributed by atoms with Crippen LogP contribution < -0.4 is 5.32 Å². The topological polar surface area (TPSA) is 75.2 Å². The molecule has 8 heteroatoms. The van der Waals surface area contributed by atoms with Gasteiger partial charge in [-0.3, -0.25) is 14.9 Å². The van der Waals surface area contributed by atoms with Gasteiger partial charge in [-0.15, -0.1) is 10.2 Å². The number of benzene rings is 1. The molecule has 0 spiro atoms. The van der Waals surface area contributed by atoms with Crippen molar-refractivity contribution in [2.45, 2.75) is 32.7 Å². The average Bonchev–Trinajstić information content (AvgIpc) is 3.24. The van der Waals surface area contributed by atoms with E-state index in [0.29, 0.717) is 23.1 Å². The molecule has 1 aliphatic heterocycles. The van der Waals surface area contributed by atoms with Gasteiger partial charge >= 0.3 is 0 Å². The smallest absolute Gasteiger partial charge is 0.249 e. The standard InChI is InChI=1S/C17H19FN4O2S/c1-10(2)16(24)22-9-3-4-13(22)14(23)19-17-21-20-15(25-17)11-5-7-12(18)8-6-11/h5-8,10,13H,3-4,9H2,1-2H3,(H,19,21,23). The Morgan fingerprint density at radius 2 is 2.00 bits per heavy atom. The number of rotatable bonds is 4. The van der Waals surface area contributed by atoms with Crippen molar-refractivity contribution in [2.24, 2.45) is 5.92 Å². The minimum Gasteiger partial charge on any atom is -0.330 e. The number of carbonyl (C=O) groups excluding carboxylic acids is 2. The van der Waals surface area contributed by atoms with E-state index in [1.165, 1.54) is 23.5 Å². The third kappa shape index (κ3) is 3.84. The highest BCUT2D eigenvalue weighted by atomic mass is 32.1. The first-order valence-electron chi connectivity index (χ1n) is 8.16. The zero-order valence-corrected chi connectivity index (χ0v) is 14.8. The fraction of sp³-hybridized carbons (Fsp3) is 0.412. The van der Waals surface area contributed by atoms with E-state index in [9.17, 15) is 14.0 Å². The van der Waals surface area contributed by atoms with Crippen LogP contribution in [0.3, 0.4) is 0 Å². The molecule has 2 heterocycles. The second kappa shape index (κ2) is 7.26. The van der Waals surface area contributed by atoms with Gasteiger partial charge in [-0.2, -0.15) is 0 Å². The maximum absolute atomic E-state index is 13.0. The van der Waals surface area contributed by atoms with Crippen LogP contribution in [-0.2, 0) is 9.59 Å². The van der Waals surface area contributed by atoms with Crippen molar-refractivity contribution in [2.75, 3.05) is 11.9 Å². The summed E-state index contributed by atoms with van der Waals surface area (Å²) in [5, 5.41) is 11.7. The number of amides is 2. The Morgan fingerprint density at radius 3 is 2.68 bits per heavy atom. The number of nitrogens with zero attached hydrogens (tertiary/aromatic N) is 3. The van der Waals surface area contributed by atoms with Gasteiger partial charge in [0, 0.05) is 18.0 Å². The molecule has 1 unspecified atom stereocenters. The summed E-state index contributed by atoms with van der Waals surface area (Å²) < 4.78 is 13.0. The van der Waals surface area contributed by atoms with Gasteiger partial charge < -0.3 is 4.90 Å². The van der Waals surface area contributed by atoms with Gasteiger partial charge in [0.05, 0.1) is 0 Å². The molecule has 132 valence electrons. The zero-order valence-electron chi connectivity index (χ0n) is 14.0. The summed E-state index contributed by atoms with van der Waals surface area (Å²) in [6, 6.07) is 5.46. The second-order valence-corrected chi connectivity index (χ2v) is 7.23. The minimum absolute atomic E-state index is 0.0121. The lowest BCUT2D eigenvalue weighted by atomic mass is 10.1. The van der Waals surface area contributed by atoms with E-state index in [-0.39, 0.29) is 23.5 Å². The van der Waals surface area contributed by atoms with E-state index < -0.39 is 6.04 Å². The summed E-state index contributed by atoms with van der Waals surface area (Å²) in [5.74, 6) is -0.715. The minimum atomic E-state index is -0.465. The van der Waals surface area contributed by atoms with Crippen LogP contribution in [-0.4, -0.2) is 39.5 Å². The molecule has 1 aromatic carbocycles. The number of likely N-dealkylation sites (tertiary alicyclic amines) is 1. The first-order valence-corrected chi connectivity index (χ1v) is 8.98. The largest absolute Gasteiger partial charge is 0.330 e. The molecule has 0 aliphatic carbocycles. The van der Waals surface area contributed by atoms with Gasteiger partial charge in [-0.25, -0.2) is 4.39 Å². The Morgan fingerprint density at radius 1 is 1.28 bits per heavy atom. The number of aromatic nitrogens is 2. The summed E-state index contributed by atoms with van der Waals surface area (Å²) >= 11 is 1.21. The number of hydrogen-bond donors (Lipinski definition) is 1. The van der Waals surface area contributed by atoms with Crippen LogP contribution in [0.2, 0.25) is 0 Å². The summed E-state index contributed by atoms with van der Waals surface area (Å²) in [7, 11) is 0. The molecule has 1 fully saturated rings. The maximum Gasteiger partial charge on any atom is 0.249 e. The van der Waals surface area contributed by atoms with Gasteiger partial charge in [0.1, 0.15) is 16.9 Å². The van der Waals surface area contributed by atoms with Crippen molar-refractivity contribution < 1.29 is 14.0 Å². The molecule has 0 saturated carbocycles. The molecule has 25 heavy (non-hydrogen) atoms. The van der Waals surface area contributed by atoms with Crippen molar-refractivity contribution in [3.8, 4) is 10.6 Å². The Bertz CT molecular complexity index is 775. The molecule has 6 nitrogen and oxygen atoms in total. The molecule has 2 amide bonds. The van der Waals surface area contributed by atoms with E-state index >= 15 is 0 Å². The first kappa shape index (κ1) is 17.5. The average molecular weight is 362 g/mol. The third-order valence-corrected chi connectivity index (χ3v) is 4.97. The number of carbonyl (C=O) groups is 2. The monoisotopic (exact) mass is 362 g/mol. The molecule has 1 saturated heterocycles. The quantitative estimate of drug-likeness (QED) is 0.907. The number of halogens is 1. The lowest BCUT2D eigenvalue weighted by Gasteiger charge is -2.25. The number of hydrogen-bond acceptors (Lipinski definition) is 5. The molecule has 1 N–H and O–H groups in total. The van der Waals surface area contributed by atoms with Crippen LogP contribution in [0.25, 0.3) is 10.6 Å². The normalized spacial score (nSPS) is 17.1. The third-order valence-electron chi connectivity index (χ3n) is 4.08. The van der Waals surface area contributed by atoms with Gasteiger partial charge in [0.2, 0.25) is 16.9 Å². The van der Waals surface area contributed by atoms with Crippen molar-refractivity contribution in [3.63, 3.8) is 0 Å². The molecule has 3 rings (SSSR count). The van der Waals surface area contributed by atoms with E-state index in [2.05, 4.69) is 15.5 Å². The summed E-state index contributed by atoms with van der Waals surface area (Å²) in [5.41, 5.74) is 0.733. The van der Waals surface area contributed by atoms with Crippen LogP contribution in [0.5, 0.6) is 0 Å². The Kier molecular flexibility index (Phi) is 5.08. The van der Waals surface area contributed by atoms with Gasteiger partial charge in [0.15, 0.2) is 0 Å². The Balaban J connectivity index is 1.69. The highest BCUT2D eigenvalue weighted by Gasteiger charge is 2.35. The highest BCUT2D eigenvalue weighted by molar-refractivity contribution is 7.18. The van der Waals surface area contributed by atoms with Crippen LogP contribution >= 0.6 is 11.3 Å². The fourth-order valence-corrected chi connectivity index (χ4v) is 3.56. The molecule has 0 bridgehead atoms. The van der Waals surface area contributed by atoms with E-state index in [4.69, 9.17) is 0 Å². The first-order chi connectivity index (χ1) is 12.0. The lowest BCUT2D eigenvalue weighted by Crippen LogP contribution is -2.44. The predicted molar refractivity (Wildman–Crippen MR) is 93.5 cm³/mol. The SMILES string of the molecule is CC(C)C(=O)N1CCCC1C(=O)Nc1nnc(-c2ccc(F)cc2)s1. The lowest BCUT2D eigenvalue weighted by molar-refractivity contribution is -0.139. The van der Waals surface area contributed by atoms with Crippen LogP contribution in [0.4, 0.5) is 9.52 Å². The van der Waals surface area contributed by atoms with Crippen molar-refractivity contribution >= 4 is 28.3 Å². The number of nitrogens with one attached hydrogen (secondary N) is 1. The molecule has 1 atom stereocenters. The van der Waals surface area contributed by atoms with E-state index in [1.54, 1.807) is 17.0 Å². The van der Waals surface area contributed by atoms with E-state index in [1.807, 2.05) is 13.8 Å². The van der Waals surface area contributed by atoms with E-state index in [0.717, 1.165) is 12.0 Å². The predicted octanol–water partition coefficient (Wildman–Crippen LogP) is 2.93. The molecule has 2 aromatic rings. The van der Waals surface area contributed by atoms with Crippen molar-refractivity contribution in [1.82, 2.24) is 15.1 Å². The number of anilines is 1. The fourth-order valence-electron chi connectivity index (χ4n) is 2.81. The van der Waals surface area contributed by atoms with Crippen LogP contribution in [0.15, 0.2) is 24.3 Å². The maximum atomic E-state index is 13.0. The highest BCUT2D eigenvalue weighted by Crippen LogP contribution is 2.27. The van der Waals surface area contributed by atoms with Crippen LogP contribution in [0.1, 0.15) is 26.7 Å². The summed E-state index contributed by atoms with van der Waals surface area (Å²) in [6.07, 6.45) is 1.46. The van der Waals surface area contributed by atoms with Crippen LogP contribution in [0, 0.1) is 11.7 Å². The molecule has 0 radical (unpaired) electrons. The Labute approximate surface area is 149 Å². The molecular formula is C17H19FN4O2S. The summed E-state index contributed by atoms with van der Waals surface area (Å²) in [6.45, 7) is 4.26. The van der Waals surface area contributed by atoms with Gasteiger partial charge in [-0.05, 0) is 37.1 Å². The molecular weight excluding hydrogens is 343 g/mol. The van der Waals surface area contributed by atoms with Gasteiger partial charge in [-0.1, -0.05) is 25.2 Å². The molecule has 1 aliphatic rings. The summed E-state index contributed by atoms with van der Waals surface area (Å²) in [4.78, 5) is 26.4. The molecule has 1 aromatic heterocycles. The van der Waals surface area contributed by atoms with Crippen molar-refractivity contribution in [1.29, 1.82) is 0 Å². The Hall–Kier alpha value is -2.35. The van der Waals surface area contributed by atoms with Gasteiger partial charge in [0.25, 0.3) is 0 Å². The zero-order chi connectivity index (χ0) is 18.0. The second-order valence-electron chi connectivity index (χ2n) is 6.25. The van der Waals surface area contributed by atoms with Crippen molar-refractivity contribution in [3.05, 3.63) is 30.1 Å².